The Bertz CT molecular complexity index is 1030. The Balaban J connectivity index is 1.62. The maximum atomic E-state index is 13.3. The molecule has 1 aromatic heterocycles. The molecule has 1 N–H and O–H groups in total. The Morgan fingerprint density at radius 3 is 2.42 bits per heavy atom. The number of alkyl halides is 3. The first-order chi connectivity index (χ1) is 15.1. The van der Waals surface area contributed by atoms with Gasteiger partial charge in [0, 0.05) is 30.0 Å². The number of nitrogens with zero attached hydrogens (tertiary/aromatic N) is 3. The molecule has 3 aliphatic rings. The van der Waals surface area contributed by atoms with Crippen molar-refractivity contribution in [2.75, 3.05) is 6.54 Å². The second-order valence-corrected chi connectivity index (χ2v) is 10.6. The number of hydrogen-bond donors (Lipinski definition) is 1. The van der Waals surface area contributed by atoms with Gasteiger partial charge in [-0.2, -0.15) is 13.2 Å². The van der Waals surface area contributed by atoms with E-state index >= 15 is 0 Å². The average Bonchev–Trinajstić information content (AvgIpc) is 3.35. The number of likely N-dealkylation sites (tertiary alicyclic amines) is 1. The lowest BCUT2D eigenvalue weighted by molar-refractivity contribution is -0.141. The van der Waals surface area contributed by atoms with E-state index in [-0.39, 0.29) is 24.3 Å². The van der Waals surface area contributed by atoms with Gasteiger partial charge in [0.1, 0.15) is 22.7 Å². The number of amides is 2. The molecule has 0 aromatic carbocycles. The van der Waals surface area contributed by atoms with E-state index < -0.39 is 34.5 Å². The van der Waals surface area contributed by atoms with Crippen molar-refractivity contribution < 1.29 is 27.5 Å². The van der Waals surface area contributed by atoms with E-state index in [9.17, 15) is 22.8 Å². The van der Waals surface area contributed by atoms with Gasteiger partial charge >= 0.3 is 12.3 Å². The molecule has 180 valence electrons. The van der Waals surface area contributed by atoms with Crippen LogP contribution < -0.4 is 5.32 Å². The summed E-state index contributed by atoms with van der Waals surface area (Å²) in [4.78, 5) is 35.8. The van der Waals surface area contributed by atoms with Gasteiger partial charge in [0.25, 0.3) is 5.91 Å². The Hall–Kier alpha value is -2.65. The highest BCUT2D eigenvalue weighted by molar-refractivity contribution is 6.16. The summed E-state index contributed by atoms with van der Waals surface area (Å²) in [5.41, 5.74) is -2.38. The summed E-state index contributed by atoms with van der Waals surface area (Å²) >= 11 is 0. The molecule has 1 saturated heterocycles. The average molecular weight is 467 g/mol. The van der Waals surface area contributed by atoms with Crippen molar-refractivity contribution >= 4 is 17.8 Å². The number of halogens is 3. The highest BCUT2D eigenvalue weighted by Gasteiger charge is 2.51. The van der Waals surface area contributed by atoms with E-state index in [2.05, 4.69) is 10.3 Å². The van der Waals surface area contributed by atoms with E-state index in [4.69, 9.17) is 9.73 Å². The van der Waals surface area contributed by atoms with Gasteiger partial charge in [-0.05, 0) is 59.1 Å². The molecule has 2 fully saturated rings. The van der Waals surface area contributed by atoms with E-state index in [0.717, 1.165) is 18.9 Å². The van der Waals surface area contributed by atoms with Crippen molar-refractivity contribution in [3.05, 3.63) is 29.1 Å². The largest absolute Gasteiger partial charge is 0.444 e. The molecule has 1 saturated carbocycles. The number of aromatic nitrogens is 1. The van der Waals surface area contributed by atoms with Crippen molar-refractivity contribution in [3.63, 3.8) is 0 Å². The summed E-state index contributed by atoms with van der Waals surface area (Å²) in [6, 6.07) is 1.98. The SMILES string of the molecule is C[C@H]1C[C@@]2(CCN1C(=O)OC(C)(C)C)N=C(c1ccc(C(F)(F)F)nc1C1(C)CC1)NC2=O. The Kier molecular flexibility index (Phi) is 5.29. The van der Waals surface area contributed by atoms with Gasteiger partial charge in [-0.1, -0.05) is 6.92 Å². The molecule has 10 heteroatoms. The molecule has 2 aliphatic heterocycles. The molecule has 2 amide bonds. The number of aliphatic imine (C=N–C) groups is 1. The first kappa shape index (κ1) is 23.5. The summed E-state index contributed by atoms with van der Waals surface area (Å²) in [5, 5.41) is 2.79. The summed E-state index contributed by atoms with van der Waals surface area (Å²) < 4.78 is 45.3. The number of amidine groups is 1. The van der Waals surface area contributed by atoms with Gasteiger partial charge in [-0.3, -0.25) is 9.79 Å². The van der Waals surface area contributed by atoms with Gasteiger partial charge in [-0.25, -0.2) is 9.78 Å². The predicted molar refractivity (Wildman–Crippen MR) is 115 cm³/mol. The second-order valence-electron chi connectivity index (χ2n) is 10.6. The van der Waals surface area contributed by atoms with Crippen molar-refractivity contribution in [3.8, 4) is 0 Å². The van der Waals surface area contributed by atoms with Crippen LogP contribution in [0, 0.1) is 0 Å². The number of nitrogens with one attached hydrogen (secondary N) is 1. The topological polar surface area (TPSA) is 83.9 Å². The van der Waals surface area contributed by atoms with E-state index in [0.29, 0.717) is 24.1 Å². The third kappa shape index (κ3) is 4.44. The predicted octanol–water partition coefficient (Wildman–Crippen LogP) is 4.19. The van der Waals surface area contributed by atoms with Crippen LogP contribution in [0.25, 0.3) is 0 Å². The van der Waals surface area contributed by atoms with Crippen LogP contribution in [0.15, 0.2) is 17.1 Å². The second kappa shape index (κ2) is 7.43. The maximum absolute atomic E-state index is 13.3. The van der Waals surface area contributed by atoms with Gasteiger partial charge < -0.3 is 15.0 Å². The minimum absolute atomic E-state index is 0.252. The third-order valence-electron chi connectivity index (χ3n) is 6.55. The molecule has 0 bridgehead atoms. The molecule has 1 aromatic rings. The van der Waals surface area contributed by atoms with E-state index in [1.807, 2.05) is 13.8 Å². The zero-order chi connectivity index (χ0) is 24.4. The number of ether oxygens (including phenoxy) is 1. The molecule has 2 atom stereocenters. The lowest BCUT2D eigenvalue weighted by Gasteiger charge is -2.40. The van der Waals surface area contributed by atoms with Crippen LogP contribution in [0.3, 0.4) is 0 Å². The van der Waals surface area contributed by atoms with Crippen molar-refractivity contribution in [2.24, 2.45) is 4.99 Å². The van der Waals surface area contributed by atoms with Crippen molar-refractivity contribution in [2.45, 2.75) is 89.1 Å². The molecule has 7 nitrogen and oxygen atoms in total. The third-order valence-corrected chi connectivity index (χ3v) is 6.55. The Morgan fingerprint density at radius 1 is 1.21 bits per heavy atom. The normalized spacial score (nSPS) is 26.8. The van der Waals surface area contributed by atoms with Gasteiger partial charge in [-0.15, -0.1) is 0 Å². The van der Waals surface area contributed by atoms with Gasteiger partial charge in [0.15, 0.2) is 0 Å². The molecule has 1 spiro atoms. The minimum Gasteiger partial charge on any atom is -0.444 e. The molecule has 0 unspecified atom stereocenters. The van der Waals surface area contributed by atoms with Crippen molar-refractivity contribution in [1.82, 2.24) is 15.2 Å². The van der Waals surface area contributed by atoms with Crippen LogP contribution in [0.1, 0.15) is 77.3 Å². The standard InChI is InChI=1S/C23H29F3N4O3/c1-13-12-22(10-11-30(13)19(32)33-20(2,3)4)18(31)28-17(29-22)14-6-7-15(23(24,25)26)27-16(14)21(5)8-9-21/h6-7,13H,8-12H2,1-5H3,(H,28,29,31)/t13-,22+/m0/s1. The smallest absolute Gasteiger partial charge is 0.433 e. The number of piperidine rings is 1. The zero-order valence-corrected chi connectivity index (χ0v) is 19.5. The number of carbonyl (C=O) groups excluding carboxylic acids is 2. The van der Waals surface area contributed by atoms with Crippen molar-refractivity contribution in [1.29, 1.82) is 0 Å². The fraction of sp³-hybridized carbons (Fsp3) is 0.652. The molecule has 33 heavy (non-hydrogen) atoms. The van der Waals surface area contributed by atoms with Gasteiger partial charge in [0.05, 0.1) is 5.69 Å². The number of carbonyl (C=O) groups is 2. The molecule has 0 radical (unpaired) electrons. The van der Waals surface area contributed by atoms with Crippen LogP contribution in [0.4, 0.5) is 18.0 Å². The van der Waals surface area contributed by atoms with Crippen LogP contribution in [0.2, 0.25) is 0 Å². The first-order valence-corrected chi connectivity index (χ1v) is 11.1. The highest BCUT2D eigenvalue weighted by Crippen LogP contribution is 2.49. The molecular formula is C23H29F3N4O3. The lowest BCUT2D eigenvalue weighted by Crippen LogP contribution is -2.55. The minimum atomic E-state index is -4.55. The van der Waals surface area contributed by atoms with Crippen LogP contribution in [-0.2, 0) is 21.1 Å². The van der Waals surface area contributed by atoms with Crippen LogP contribution >= 0.6 is 0 Å². The lowest BCUT2D eigenvalue weighted by atomic mass is 9.84. The number of pyridine rings is 1. The highest BCUT2D eigenvalue weighted by atomic mass is 19.4. The molecule has 1 aliphatic carbocycles. The summed E-state index contributed by atoms with van der Waals surface area (Å²) in [6.07, 6.45) is -2.95. The summed E-state index contributed by atoms with van der Waals surface area (Å²) in [7, 11) is 0. The Morgan fingerprint density at radius 2 is 1.88 bits per heavy atom. The zero-order valence-electron chi connectivity index (χ0n) is 19.5. The molecule has 3 heterocycles. The monoisotopic (exact) mass is 466 g/mol. The Labute approximate surface area is 190 Å². The number of rotatable bonds is 2. The molecule has 4 rings (SSSR count). The maximum Gasteiger partial charge on any atom is 0.433 e. The van der Waals surface area contributed by atoms with E-state index in [1.165, 1.54) is 6.07 Å². The molecular weight excluding hydrogens is 437 g/mol. The quantitative estimate of drug-likeness (QED) is 0.709. The van der Waals surface area contributed by atoms with Gasteiger partial charge in [0.2, 0.25) is 0 Å². The number of hydrogen-bond acceptors (Lipinski definition) is 5. The fourth-order valence-electron chi connectivity index (χ4n) is 4.46. The first-order valence-electron chi connectivity index (χ1n) is 11.1. The van der Waals surface area contributed by atoms with Crippen LogP contribution in [0.5, 0.6) is 0 Å². The van der Waals surface area contributed by atoms with E-state index in [1.54, 1.807) is 25.7 Å². The summed E-state index contributed by atoms with van der Waals surface area (Å²) in [6.45, 7) is 9.36. The summed E-state index contributed by atoms with van der Waals surface area (Å²) in [5.74, 6) is -0.0535. The van der Waals surface area contributed by atoms with Crippen LogP contribution in [-0.4, -0.2) is 51.4 Å². The fourth-order valence-corrected chi connectivity index (χ4v) is 4.46.